The van der Waals surface area contributed by atoms with E-state index in [1.807, 2.05) is 0 Å². The van der Waals surface area contributed by atoms with Crippen molar-refractivity contribution in [1.82, 2.24) is 5.32 Å². The molecular formula is C17H13BrN2O4. The van der Waals surface area contributed by atoms with Gasteiger partial charge in [0.1, 0.15) is 5.70 Å². The van der Waals surface area contributed by atoms with Gasteiger partial charge in [-0.1, -0.05) is 18.2 Å². The first-order valence-electron chi connectivity index (χ1n) is 7.01. The van der Waals surface area contributed by atoms with E-state index in [4.69, 9.17) is 15.2 Å². The zero-order valence-electron chi connectivity index (χ0n) is 12.4. The van der Waals surface area contributed by atoms with E-state index < -0.39 is 11.8 Å². The van der Waals surface area contributed by atoms with Crippen molar-refractivity contribution < 1.29 is 19.1 Å². The number of rotatable bonds is 4. The second-order valence-electron chi connectivity index (χ2n) is 4.97. The third-order valence-electron chi connectivity index (χ3n) is 3.34. The van der Waals surface area contributed by atoms with Gasteiger partial charge in [-0.3, -0.25) is 9.59 Å². The van der Waals surface area contributed by atoms with E-state index >= 15 is 0 Å². The predicted octanol–water partition coefficient (Wildman–Crippen LogP) is 2.43. The van der Waals surface area contributed by atoms with Crippen LogP contribution < -0.4 is 20.5 Å². The molecule has 6 nitrogen and oxygen atoms in total. The van der Waals surface area contributed by atoms with E-state index in [-0.39, 0.29) is 12.5 Å². The molecular weight excluding hydrogens is 376 g/mol. The maximum absolute atomic E-state index is 12.3. The summed E-state index contributed by atoms with van der Waals surface area (Å²) >= 11 is 3.30. The number of hydrogen-bond acceptors (Lipinski definition) is 4. The molecule has 1 heterocycles. The van der Waals surface area contributed by atoms with Crippen molar-refractivity contribution in [2.45, 2.75) is 0 Å². The van der Waals surface area contributed by atoms with Crippen molar-refractivity contribution in [3.63, 3.8) is 0 Å². The molecule has 2 aromatic carbocycles. The molecule has 7 heteroatoms. The van der Waals surface area contributed by atoms with Crippen LogP contribution in [0.25, 0.3) is 6.08 Å². The summed E-state index contributed by atoms with van der Waals surface area (Å²) in [6.07, 6.45) is 1.49. The Bertz CT molecular complexity index is 848. The van der Waals surface area contributed by atoms with Gasteiger partial charge in [0.15, 0.2) is 11.5 Å². The summed E-state index contributed by atoms with van der Waals surface area (Å²) in [6.45, 7) is 0.157. The van der Waals surface area contributed by atoms with Crippen molar-refractivity contribution >= 4 is 33.8 Å². The van der Waals surface area contributed by atoms with E-state index in [0.29, 0.717) is 27.1 Å². The summed E-state index contributed by atoms with van der Waals surface area (Å²) in [5.74, 6) is 0.0241. The highest BCUT2D eigenvalue weighted by Gasteiger charge is 2.16. The Hall–Kier alpha value is -2.80. The molecule has 0 saturated heterocycles. The third-order valence-corrected chi connectivity index (χ3v) is 4.03. The number of nitrogens with one attached hydrogen (secondary N) is 1. The minimum atomic E-state index is -0.743. The summed E-state index contributed by atoms with van der Waals surface area (Å²) in [6, 6.07) is 12.1. The molecule has 0 aliphatic carbocycles. The van der Waals surface area contributed by atoms with Gasteiger partial charge in [-0.15, -0.1) is 0 Å². The normalized spacial score (nSPS) is 12.8. The van der Waals surface area contributed by atoms with Crippen molar-refractivity contribution in [2.75, 3.05) is 6.79 Å². The second-order valence-corrected chi connectivity index (χ2v) is 5.82. The van der Waals surface area contributed by atoms with Gasteiger partial charge in [-0.25, -0.2) is 0 Å². The summed E-state index contributed by atoms with van der Waals surface area (Å²) in [4.78, 5) is 24.0. The Morgan fingerprint density at radius 2 is 1.88 bits per heavy atom. The molecule has 1 aliphatic heterocycles. The first-order valence-corrected chi connectivity index (χ1v) is 7.81. The van der Waals surface area contributed by atoms with E-state index in [2.05, 4.69) is 21.2 Å². The second kappa shape index (κ2) is 6.76. The number of fused-ring (bicyclic) bond motifs is 1. The lowest BCUT2D eigenvalue weighted by Crippen LogP contribution is -2.31. The van der Waals surface area contributed by atoms with E-state index in [1.165, 1.54) is 6.08 Å². The lowest BCUT2D eigenvalue weighted by molar-refractivity contribution is -0.114. The quantitative estimate of drug-likeness (QED) is 0.786. The molecule has 3 rings (SSSR count). The molecule has 122 valence electrons. The van der Waals surface area contributed by atoms with Crippen LogP contribution >= 0.6 is 15.9 Å². The molecule has 2 amide bonds. The Balaban J connectivity index is 1.86. The fourth-order valence-electron chi connectivity index (χ4n) is 2.17. The van der Waals surface area contributed by atoms with Gasteiger partial charge in [-0.05, 0) is 51.8 Å². The molecule has 0 atom stereocenters. The largest absolute Gasteiger partial charge is 0.454 e. The van der Waals surface area contributed by atoms with Gasteiger partial charge in [0.25, 0.3) is 11.8 Å². The van der Waals surface area contributed by atoms with E-state index in [9.17, 15) is 9.59 Å². The minimum Gasteiger partial charge on any atom is -0.454 e. The standard InChI is InChI=1S/C17H13BrN2O4/c18-12-4-2-1-3-11(12)17(22)20-13(16(19)21)7-10-5-6-14-15(8-10)24-9-23-14/h1-8H,9H2,(H2,19,21)(H,20,22). The SMILES string of the molecule is NC(=O)C(=Cc1ccc2c(c1)OCO2)NC(=O)c1ccccc1Br. The summed E-state index contributed by atoms with van der Waals surface area (Å²) in [5, 5.41) is 2.54. The van der Waals surface area contributed by atoms with Crippen LogP contribution in [0, 0.1) is 0 Å². The van der Waals surface area contributed by atoms with Gasteiger partial charge >= 0.3 is 0 Å². The highest BCUT2D eigenvalue weighted by Crippen LogP contribution is 2.33. The summed E-state index contributed by atoms with van der Waals surface area (Å²) in [7, 11) is 0. The Morgan fingerprint density at radius 1 is 1.12 bits per heavy atom. The van der Waals surface area contributed by atoms with Crippen LogP contribution in [0.15, 0.2) is 52.6 Å². The number of halogens is 1. The van der Waals surface area contributed by atoms with Gasteiger partial charge in [0, 0.05) is 4.47 Å². The highest BCUT2D eigenvalue weighted by molar-refractivity contribution is 9.10. The number of carbonyl (C=O) groups excluding carboxylic acids is 2. The lowest BCUT2D eigenvalue weighted by Gasteiger charge is -2.08. The van der Waals surface area contributed by atoms with Crippen LogP contribution in [0.5, 0.6) is 11.5 Å². The van der Waals surface area contributed by atoms with Gasteiger partial charge in [0.05, 0.1) is 5.56 Å². The molecule has 0 bridgehead atoms. The summed E-state index contributed by atoms with van der Waals surface area (Å²) in [5.41, 5.74) is 6.40. The van der Waals surface area contributed by atoms with Gasteiger partial charge in [-0.2, -0.15) is 0 Å². The van der Waals surface area contributed by atoms with Crippen LogP contribution in [0.4, 0.5) is 0 Å². The number of nitrogens with two attached hydrogens (primary N) is 1. The maximum atomic E-state index is 12.3. The maximum Gasteiger partial charge on any atom is 0.265 e. The zero-order chi connectivity index (χ0) is 17.1. The Kier molecular flexibility index (Phi) is 4.52. The zero-order valence-corrected chi connectivity index (χ0v) is 14.0. The number of carbonyl (C=O) groups is 2. The number of amides is 2. The third kappa shape index (κ3) is 3.41. The van der Waals surface area contributed by atoms with Crippen LogP contribution in [0.2, 0.25) is 0 Å². The fraction of sp³-hybridized carbons (Fsp3) is 0.0588. The highest BCUT2D eigenvalue weighted by atomic mass is 79.9. The van der Waals surface area contributed by atoms with E-state index in [1.54, 1.807) is 42.5 Å². The van der Waals surface area contributed by atoms with Crippen molar-refractivity contribution in [3.8, 4) is 11.5 Å². The smallest absolute Gasteiger partial charge is 0.265 e. The van der Waals surface area contributed by atoms with Crippen LogP contribution in [-0.4, -0.2) is 18.6 Å². The molecule has 0 spiro atoms. The summed E-state index contributed by atoms with van der Waals surface area (Å²) < 4.78 is 11.1. The van der Waals surface area contributed by atoms with Crippen molar-refractivity contribution in [1.29, 1.82) is 0 Å². The van der Waals surface area contributed by atoms with Crippen molar-refractivity contribution in [2.24, 2.45) is 5.73 Å². The Morgan fingerprint density at radius 3 is 2.62 bits per heavy atom. The lowest BCUT2D eigenvalue weighted by atomic mass is 10.1. The molecule has 24 heavy (non-hydrogen) atoms. The molecule has 1 aliphatic rings. The average molecular weight is 389 g/mol. The molecule has 0 saturated carbocycles. The number of hydrogen-bond donors (Lipinski definition) is 2. The molecule has 2 aromatic rings. The monoisotopic (exact) mass is 388 g/mol. The first kappa shape index (κ1) is 16.1. The predicted molar refractivity (Wildman–Crippen MR) is 91.3 cm³/mol. The number of benzene rings is 2. The molecule has 0 unspecified atom stereocenters. The van der Waals surface area contributed by atoms with E-state index in [0.717, 1.165) is 0 Å². The van der Waals surface area contributed by atoms with Gasteiger partial charge < -0.3 is 20.5 Å². The van der Waals surface area contributed by atoms with Gasteiger partial charge in [0.2, 0.25) is 6.79 Å². The molecule has 0 fully saturated rings. The average Bonchev–Trinajstić information content (AvgIpc) is 3.02. The topological polar surface area (TPSA) is 90.7 Å². The molecule has 0 aromatic heterocycles. The first-order chi connectivity index (χ1) is 11.5. The van der Waals surface area contributed by atoms with Crippen LogP contribution in [-0.2, 0) is 4.79 Å². The van der Waals surface area contributed by atoms with Crippen molar-refractivity contribution in [3.05, 3.63) is 63.8 Å². The number of primary amides is 1. The fourth-order valence-corrected chi connectivity index (χ4v) is 2.64. The molecule has 0 radical (unpaired) electrons. The van der Waals surface area contributed by atoms with Crippen LogP contribution in [0.3, 0.4) is 0 Å². The number of ether oxygens (including phenoxy) is 2. The Labute approximate surface area is 146 Å². The van der Waals surface area contributed by atoms with Crippen LogP contribution in [0.1, 0.15) is 15.9 Å². The minimum absolute atomic E-state index is 0.0189. The molecule has 3 N–H and O–H groups in total.